The smallest absolute Gasteiger partial charge is 0.326 e. The van der Waals surface area contributed by atoms with E-state index in [1.54, 1.807) is 26.0 Å². The fraction of sp³-hybridized carbons (Fsp3) is 0.318. The number of rotatable bonds is 5. The zero-order valence-electron chi connectivity index (χ0n) is 18.4. The summed E-state index contributed by atoms with van der Waals surface area (Å²) in [6.07, 6.45) is 0. The molecule has 0 unspecified atom stereocenters. The Balaban J connectivity index is 1.51. The number of hydrogen-bond acceptors (Lipinski definition) is 8. The molecular formula is C22H23F2N7O2. The number of nitrogens with zero attached hydrogens (tertiary/aromatic N) is 5. The molecule has 11 heteroatoms. The normalized spacial score (nSPS) is 14.8. The van der Waals surface area contributed by atoms with Gasteiger partial charge in [-0.2, -0.15) is 9.97 Å². The van der Waals surface area contributed by atoms with Gasteiger partial charge in [-0.3, -0.25) is 0 Å². The van der Waals surface area contributed by atoms with Crippen molar-refractivity contribution in [2.45, 2.75) is 13.8 Å². The molecule has 4 aromatic rings. The first-order chi connectivity index (χ1) is 15.9. The number of likely N-dealkylation sites (N-methyl/N-ethyl adjacent to an activating group) is 1. The van der Waals surface area contributed by atoms with Crippen molar-refractivity contribution in [1.82, 2.24) is 25.0 Å². The minimum atomic E-state index is -0.689. The summed E-state index contributed by atoms with van der Waals surface area (Å²) in [6, 6.07) is 5.89. The number of aryl methyl sites for hydroxylation is 2. The fourth-order valence-electron chi connectivity index (χ4n) is 3.78. The van der Waals surface area contributed by atoms with E-state index in [1.807, 2.05) is 0 Å². The highest BCUT2D eigenvalue weighted by Crippen LogP contribution is 2.33. The lowest BCUT2D eigenvalue weighted by molar-refractivity contribution is 0.311. The summed E-state index contributed by atoms with van der Waals surface area (Å²) in [5.41, 5.74) is 0.732. The molecule has 0 bridgehead atoms. The largest absolute Gasteiger partial charge is 0.421 e. The van der Waals surface area contributed by atoms with E-state index in [9.17, 15) is 4.39 Å². The van der Waals surface area contributed by atoms with Crippen molar-refractivity contribution >= 4 is 28.4 Å². The number of ether oxygens (including phenoxy) is 1. The molecule has 4 heterocycles. The van der Waals surface area contributed by atoms with Gasteiger partial charge in [-0.05, 0) is 27.0 Å². The molecular weight excluding hydrogens is 432 g/mol. The number of piperazine rings is 1. The zero-order valence-corrected chi connectivity index (χ0v) is 18.4. The first-order valence-electron chi connectivity index (χ1n) is 10.5. The van der Waals surface area contributed by atoms with Crippen LogP contribution in [0.2, 0.25) is 0 Å². The standard InChI is InChI=1S/C22H23F2N7O2/c1-12-8-14-20(24)16(10-15(23)21(14)25-12)32-22-27-17(26-18-9-13(2)33-29-18)11-19(28-22)31-6-4-30(3)5-7-31/h8-11,25H,4-7H2,1-3H3,(H,26,27,28,29). The highest BCUT2D eigenvalue weighted by Gasteiger charge is 2.21. The second-order valence-electron chi connectivity index (χ2n) is 8.15. The molecule has 5 rings (SSSR count). The number of aromatic amines is 1. The molecule has 2 N–H and O–H groups in total. The number of hydrogen-bond donors (Lipinski definition) is 2. The van der Waals surface area contributed by atoms with Gasteiger partial charge in [0.1, 0.15) is 17.4 Å². The van der Waals surface area contributed by atoms with Gasteiger partial charge in [-0.15, -0.1) is 0 Å². The topological polar surface area (TPSA) is 95.3 Å². The van der Waals surface area contributed by atoms with Crippen molar-refractivity contribution in [1.29, 1.82) is 0 Å². The number of H-pyrrole nitrogens is 1. The lowest BCUT2D eigenvalue weighted by Crippen LogP contribution is -2.44. The lowest BCUT2D eigenvalue weighted by atomic mass is 10.2. The van der Waals surface area contributed by atoms with E-state index in [4.69, 9.17) is 9.26 Å². The third kappa shape index (κ3) is 4.31. The maximum atomic E-state index is 15.1. The van der Waals surface area contributed by atoms with Crippen LogP contribution in [0.15, 0.2) is 28.8 Å². The molecule has 9 nitrogen and oxygen atoms in total. The molecule has 1 aliphatic heterocycles. The summed E-state index contributed by atoms with van der Waals surface area (Å²) < 4.78 is 40.4. The number of fused-ring (bicyclic) bond motifs is 1. The van der Waals surface area contributed by atoms with Crippen LogP contribution in [-0.2, 0) is 0 Å². The predicted octanol–water partition coefficient (Wildman–Crippen LogP) is 4.13. The molecule has 0 saturated carbocycles. The Morgan fingerprint density at radius 2 is 1.82 bits per heavy atom. The van der Waals surface area contributed by atoms with E-state index in [1.165, 1.54) is 6.07 Å². The van der Waals surface area contributed by atoms with Gasteiger partial charge in [-0.25, -0.2) is 8.78 Å². The molecule has 1 aromatic carbocycles. The van der Waals surface area contributed by atoms with Crippen molar-refractivity contribution in [3.8, 4) is 11.8 Å². The van der Waals surface area contributed by atoms with Crippen LogP contribution in [0, 0.1) is 25.5 Å². The average molecular weight is 455 g/mol. The molecule has 0 radical (unpaired) electrons. The number of anilines is 3. The van der Waals surface area contributed by atoms with Crippen molar-refractivity contribution in [2.75, 3.05) is 43.4 Å². The van der Waals surface area contributed by atoms with Crippen LogP contribution >= 0.6 is 0 Å². The Morgan fingerprint density at radius 1 is 1.03 bits per heavy atom. The molecule has 172 valence electrons. The zero-order chi connectivity index (χ0) is 23.1. The summed E-state index contributed by atoms with van der Waals surface area (Å²) in [6.45, 7) is 6.76. The van der Waals surface area contributed by atoms with Crippen LogP contribution in [0.25, 0.3) is 10.9 Å². The lowest BCUT2D eigenvalue weighted by Gasteiger charge is -2.33. The van der Waals surface area contributed by atoms with Gasteiger partial charge in [0, 0.05) is 55.5 Å². The van der Waals surface area contributed by atoms with E-state index in [-0.39, 0.29) is 22.7 Å². The summed E-state index contributed by atoms with van der Waals surface area (Å²) in [5.74, 6) is 0.486. The second-order valence-corrected chi connectivity index (χ2v) is 8.15. The first kappa shape index (κ1) is 21.1. The van der Waals surface area contributed by atoms with Crippen LogP contribution in [-0.4, -0.2) is 58.2 Å². The molecule has 0 spiro atoms. The highest BCUT2D eigenvalue weighted by molar-refractivity contribution is 5.83. The molecule has 0 aliphatic carbocycles. The van der Waals surface area contributed by atoms with Gasteiger partial charge in [0.15, 0.2) is 23.2 Å². The third-order valence-corrected chi connectivity index (χ3v) is 5.51. The van der Waals surface area contributed by atoms with Gasteiger partial charge < -0.3 is 29.4 Å². The summed E-state index contributed by atoms with van der Waals surface area (Å²) in [4.78, 5) is 15.9. The molecule has 1 aliphatic rings. The first-order valence-corrected chi connectivity index (χ1v) is 10.5. The highest BCUT2D eigenvalue weighted by atomic mass is 19.1. The van der Waals surface area contributed by atoms with Crippen molar-refractivity contribution in [3.05, 3.63) is 47.4 Å². The Bertz CT molecular complexity index is 1310. The van der Waals surface area contributed by atoms with Crippen LogP contribution in [0.3, 0.4) is 0 Å². The minimum Gasteiger partial charge on any atom is -0.421 e. The van der Waals surface area contributed by atoms with E-state index in [2.05, 4.69) is 42.3 Å². The van der Waals surface area contributed by atoms with Crippen LogP contribution < -0.4 is 15.0 Å². The predicted molar refractivity (Wildman–Crippen MR) is 119 cm³/mol. The van der Waals surface area contributed by atoms with Gasteiger partial charge in [0.25, 0.3) is 0 Å². The molecule has 0 atom stereocenters. The van der Waals surface area contributed by atoms with E-state index >= 15 is 4.39 Å². The molecule has 1 saturated heterocycles. The van der Waals surface area contributed by atoms with Crippen molar-refractivity contribution in [3.63, 3.8) is 0 Å². The Morgan fingerprint density at radius 3 is 2.55 bits per heavy atom. The van der Waals surface area contributed by atoms with Crippen molar-refractivity contribution < 1.29 is 18.0 Å². The Labute approximate surface area is 188 Å². The minimum absolute atomic E-state index is 0.0909. The Hall–Kier alpha value is -3.73. The summed E-state index contributed by atoms with van der Waals surface area (Å²) >= 11 is 0. The monoisotopic (exact) mass is 455 g/mol. The van der Waals surface area contributed by atoms with Crippen LogP contribution in [0.4, 0.5) is 26.2 Å². The molecule has 3 aromatic heterocycles. The van der Waals surface area contributed by atoms with E-state index in [0.29, 0.717) is 28.9 Å². The summed E-state index contributed by atoms with van der Waals surface area (Å²) in [5, 5.41) is 7.08. The second kappa shape index (κ2) is 8.32. The SMILES string of the molecule is Cc1cc2c(F)c(Oc3nc(Nc4cc(C)on4)cc(N4CCN(C)CC4)n3)cc(F)c2[nH]1. The fourth-order valence-corrected chi connectivity index (χ4v) is 3.78. The maximum absolute atomic E-state index is 15.1. The quantitative estimate of drug-likeness (QED) is 0.464. The van der Waals surface area contributed by atoms with Crippen LogP contribution in [0.1, 0.15) is 11.5 Å². The maximum Gasteiger partial charge on any atom is 0.326 e. The molecule has 1 fully saturated rings. The van der Waals surface area contributed by atoms with Gasteiger partial charge in [0.2, 0.25) is 0 Å². The van der Waals surface area contributed by atoms with Crippen LogP contribution in [0.5, 0.6) is 11.8 Å². The van der Waals surface area contributed by atoms with Gasteiger partial charge in [0.05, 0.1) is 5.52 Å². The average Bonchev–Trinajstić information content (AvgIpc) is 3.37. The number of halogens is 2. The van der Waals surface area contributed by atoms with Gasteiger partial charge >= 0.3 is 6.01 Å². The Kier molecular flexibility index (Phi) is 5.33. The number of benzene rings is 1. The van der Waals surface area contributed by atoms with Crippen molar-refractivity contribution in [2.24, 2.45) is 0 Å². The number of aromatic nitrogens is 4. The summed E-state index contributed by atoms with van der Waals surface area (Å²) in [7, 11) is 2.06. The number of nitrogens with one attached hydrogen (secondary N) is 2. The van der Waals surface area contributed by atoms with E-state index in [0.717, 1.165) is 32.2 Å². The van der Waals surface area contributed by atoms with Gasteiger partial charge in [-0.1, -0.05) is 5.16 Å². The third-order valence-electron chi connectivity index (χ3n) is 5.51. The molecule has 0 amide bonds. The van der Waals surface area contributed by atoms with E-state index < -0.39 is 11.6 Å². The molecule has 33 heavy (non-hydrogen) atoms.